The fourth-order valence-corrected chi connectivity index (χ4v) is 4.82. The third-order valence-electron chi connectivity index (χ3n) is 7.37. The number of rotatable bonds is 8. The third-order valence-corrected chi connectivity index (χ3v) is 7.37. The van der Waals surface area contributed by atoms with Gasteiger partial charge in [-0.05, 0) is 58.9 Å². The van der Waals surface area contributed by atoms with Crippen LogP contribution in [0.15, 0.2) is 54.9 Å². The summed E-state index contributed by atoms with van der Waals surface area (Å²) in [7, 11) is 3.57. The van der Waals surface area contributed by atoms with Crippen molar-refractivity contribution in [1.82, 2.24) is 29.6 Å². The number of hydrogen-bond acceptors (Lipinski definition) is 8. The molecule has 0 spiro atoms. The highest BCUT2D eigenvalue weighted by molar-refractivity contribution is 6.10. The molecule has 0 saturated carbocycles. The molecule has 0 N–H and O–H groups in total. The Labute approximate surface area is 256 Å². The Morgan fingerprint density at radius 2 is 1.84 bits per heavy atom. The number of benzene rings is 1. The molecule has 3 aromatic heterocycles. The summed E-state index contributed by atoms with van der Waals surface area (Å²) in [6.45, 7) is 10.1. The molecule has 1 aliphatic rings. The zero-order chi connectivity index (χ0) is 31.8. The van der Waals surface area contributed by atoms with Gasteiger partial charge in [0.2, 0.25) is 0 Å². The quantitative estimate of drug-likeness (QED) is 0.268. The molecular formula is C32H37FN8O3. The molecule has 0 unspecified atom stereocenters. The SMILES string of the molecule is CC(C)N(C)c1cc2c(c(CN(C)C(=O)OC(C)(C)C)n1)CN(c1cccc(-c3nncn3Cc3ccccc3F)n1)C2=O. The monoisotopic (exact) mass is 600 g/mol. The van der Waals surface area contributed by atoms with Gasteiger partial charge in [0.1, 0.15) is 35.1 Å². The Morgan fingerprint density at radius 3 is 2.55 bits per heavy atom. The lowest BCUT2D eigenvalue weighted by Gasteiger charge is -2.26. The van der Waals surface area contributed by atoms with E-state index in [0.717, 1.165) is 5.56 Å². The number of amides is 2. The van der Waals surface area contributed by atoms with Crippen molar-refractivity contribution in [2.24, 2.45) is 0 Å². The van der Waals surface area contributed by atoms with Crippen molar-refractivity contribution in [2.45, 2.75) is 65.9 Å². The summed E-state index contributed by atoms with van der Waals surface area (Å²) >= 11 is 0. The number of pyridine rings is 2. The predicted molar refractivity (Wildman–Crippen MR) is 165 cm³/mol. The number of fused-ring (bicyclic) bond motifs is 1. The molecule has 0 atom stereocenters. The molecule has 0 saturated heterocycles. The standard InChI is InChI=1S/C32H37FN8O3/c1-20(2)39(7)28-15-22-23(26(36-28)18-38(6)31(43)44-32(3,4)5)17-41(30(22)42)27-14-10-13-25(35-27)29-37-34-19-40(29)16-21-11-8-9-12-24(21)33/h8-15,19-20H,16-18H2,1-7H3. The van der Waals surface area contributed by atoms with Crippen molar-refractivity contribution in [3.63, 3.8) is 0 Å². The van der Waals surface area contributed by atoms with Gasteiger partial charge in [-0.15, -0.1) is 10.2 Å². The van der Waals surface area contributed by atoms with E-state index in [4.69, 9.17) is 14.7 Å². The lowest BCUT2D eigenvalue weighted by molar-refractivity contribution is 0.0282. The van der Waals surface area contributed by atoms with Crippen LogP contribution >= 0.6 is 0 Å². The van der Waals surface area contributed by atoms with Crippen LogP contribution in [0.1, 0.15) is 61.8 Å². The molecule has 0 bridgehead atoms. The Bertz CT molecular complexity index is 1700. The van der Waals surface area contributed by atoms with Gasteiger partial charge in [0, 0.05) is 31.3 Å². The number of anilines is 2. The van der Waals surface area contributed by atoms with Gasteiger partial charge in [-0.1, -0.05) is 24.3 Å². The first-order valence-corrected chi connectivity index (χ1v) is 14.4. The lowest BCUT2D eigenvalue weighted by atomic mass is 10.1. The zero-order valence-corrected chi connectivity index (χ0v) is 26.1. The number of hydrogen-bond donors (Lipinski definition) is 0. The molecule has 4 heterocycles. The summed E-state index contributed by atoms with van der Waals surface area (Å²) in [5.74, 6) is 0.957. The number of aromatic nitrogens is 5. The molecule has 1 aromatic carbocycles. The van der Waals surface area contributed by atoms with Crippen LogP contribution in [0.5, 0.6) is 0 Å². The van der Waals surface area contributed by atoms with Gasteiger partial charge in [-0.25, -0.2) is 19.2 Å². The molecule has 0 fully saturated rings. The molecule has 0 radical (unpaired) electrons. The van der Waals surface area contributed by atoms with Crippen molar-refractivity contribution in [1.29, 1.82) is 0 Å². The van der Waals surface area contributed by atoms with E-state index in [2.05, 4.69) is 10.2 Å². The average molecular weight is 601 g/mol. The Kier molecular flexibility index (Phi) is 8.36. The summed E-state index contributed by atoms with van der Waals surface area (Å²) in [4.78, 5) is 41.4. The van der Waals surface area contributed by atoms with Crippen LogP contribution < -0.4 is 9.80 Å². The van der Waals surface area contributed by atoms with Gasteiger partial charge < -0.3 is 19.1 Å². The Balaban J connectivity index is 1.47. The van der Waals surface area contributed by atoms with E-state index in [-0.39, 0.29) is 37.4 Å². The largest absolute Gasteiger partial charge is 0.444 e. The van der Waals surface area contributed by atoms with Crippen LogP contribution in [-0.4, -0.2) is 67.4 Å². The van der Waals surface area contributed by atoms with Gasteiger partial charge >= 0.3 is 6.09 Å². The first-order valence-electron chi connectivity index (χ1n) is 14.4. The van der Waals surface area contributed by atoms with Crippen molar-refractivity contribution in [3.05, 3.63) is 83.1 Å². The number of ether oxygens (including phenoxy) is 1. The van der Waals surface area contributed by atoms with Gasteiger partial charge in [0.25, 0.3) is 5.91 Å². The van der Waals surface area contributed by atoms with Crippen molar-refractivity contribution < 1.29 is 18.7 Å². The van der Waals surface area contributed by atoms with E-state index in [1.165, 1.54) is 17.3 Å². The molecule has 5 rings (SSSR count). The van der Waals surface area contributed by atoms with E-state index in [9.17, 15) is 14.0 Å². The van der Waals surface area contributed by atoms with Crippen molar-refractivity contribution in [3.8, 4) is 11.5 Å². The van der Waals surface area contributed by atoms with Gasteiger partial charge in [-0.3, -0.25) is 9.69 Å². The number of carbonyl (C=O) groups is 2. The van der Waals surface area contributed by atoms with E-state index >= 15 is 0 Å². The summed E-state index contributed by atoms with van der Waals surface area (Å²) in [6.07, 6.45) is 1.05. The lowest BCUT2D eigenvalue weighted by Crippen LogP contribution is -2.34. The minimum Gasteiger partial charge on any atom is -0.444 e. The zero-order valence-electron chi connectivity index (χ0n) is 26.1. The summed E-state index contributed by atoms with van der Waals surface area (Å²) < 4.78 is 21.6. The third kappa shape index (κ3) is 6.38. The van der Waals surface area contributed by atoms with E-state index in [1.54, 1.807) is 59.0 Å². The maximum Gasteiger partial charge on any atom is 0.410 e. The first kappa shape index (κ1) is 30.6. The van der Waals surface area contributed by atoms with Gasteiger partial charge in [0.15, 0.2) is 5.82 Å². The maximum absolute atomic E-state index is 14.4. The molecule has 0 aliphatic carbocycles. The maximum atomic E-state index is 14.4. The Morgan fingerprint density at radius 1 is 1.09 bits per heavy atom. The minimum atomic E-state index is -0.649. The number of nitrogens with zero attached hydrogens (tertiary/aromatic N) is 8. The second-order valence-electron chi connectivity index (χ2n) is 12.1. The smallest absolute Gasteiger partial charge is 0.410 e. The fourth-order valence-electron chi connectivity index (χ4n) is 4.82. The van der Waals surface area contributed by atoms with Crippen LogP contribution in [0.2, 0.25) is 0 Å². The highest BCUT2D eigenvalue weighted by Crippen LogP contribution is 2.33. The minimum absolute atomic E-state index is 0.129. The van der Waals surface area contributed by atoms with E-state index in [0.29, 0.717) is 40.0 Å². The number of carbonyl (C=O) groups excluding carboxylic acids is 2. The van der Waals surface area contributed by atoms with E-state index in [1.807, 2.05) is 46.6 Å². The highest BCUT2D eigenvalue weighted by Gasteiger charge is 2.34. The highest BCUT2D eigenvalue weighted by atomic mass is 19.1. The topological polar surface area (TPSA) is 110 Å². The van der Waals surface area contributed by atoms with E-state index < -0.39 is 11.7 Å². The molecule has 11 nitrogen and oxygen atoms in total. The van der Waals surface area contributed by atoms with Crippen LogP contribution in [-0.2, 0) is 24.4 Å². The molecule has 2 amide bonds. The van der Waals surface area contributed by atoms with Crippen LogP contribution in [0.4, 0.5) is 20.8 Å². The second kappa shape index (κ2) is 12.0. The summed E-state index contributed by atoms with van der Waals surface area (Å²) in [6, 6.07) is 13.8. The predicted octanol–water partition coefficient (Wildman–Crippen LogP) is 5.29. The van der Waals surface area contributed by atoms with Crippen molar-refractivity contribution in [2.75, 3.05) is 23.9 Å². The molecule has 1 aliphatic heterocycles. The summed E-state index contributed by atoms with van der Waals surface area (Å²) in [5.41, 5.74) is 2.17. The molecule has 44 heavy (non-hydrogen) atoms. The van der Waals surface area contributed by atoms with Gasteiger partial charge in [0.05, 0.1) is 30.9 Å². The average Bonchev–Trinajstić information content (AvgIpc) is 3.57. The van der Waals surface area contributed by atoms with Crippen molar-refractivity contribution >= 4 is 23.6 Å². The number of halogens is 1. The molecular weight excluding hydrogens is 563 g/mol. The summed E-state index contributed by atoms with van der Waals surface area (Å²) in [5, 5.41) is 8.26. The van der Waals surface area contributed by atoms with Crippen LogP contribution in [0, 0.1) is 5.82 Å². The second-order valence-corrected chi connectivity index (χ2v) is 12.1. The van der Waals surface area contributed by atoms with Crippen LogP contribution in [0.25, 0.3) is 11.5 Å². The molecule has 12 heteroatoms. The molecule has 230 valence electrons. The normalized spacial score (nSPS) is 12.9. The van der Waals surface area contributed by atoms with Gasteiger partial charge in [-0.2, -0.15) is 0 Å². The molecule has 4 aromatic rings. The fraction of sp³-hybridized carbons (Fsp3) is 0.375. The van der Waals surface area contributed by atoms with Crippen LogP contribution in [0.3, 0.4) is 0 Å². The first-order chi connectivity index (χ1) is 20.8. The Hall–Kier alpha value is -4.87.